The number of esters is 2. The molecule has 5 nitrogen and oxygen atoms in total. The molecule has 0 aromatic rings. The van der Waals surface area contributed by atoms with Crippen molar-refractivity contribution >= 4 is 11.9 Å². The van der Waals surface area contributed by atoms with E-state index >= 15 is 0 Å². The number of allylic oxidation sites excluding steroid dienone is 16. The van der Waals surface area contributed by atoms with Crippen LogP contribution < -0.4 is 0 Å². The molecular weight excluding hydrogens is 765 g/mol. The van der Waals surface area contributed by atoms with Gasteiger partial charge in [-0.15, -0.1) is 0 Å². The van der Waals surface area contributed by atoms with E-state index in [4.69, 9.17) is 14.2 Å². The normalized spacial score (nSPS) is 13.0. The van der Waals surface area contributed by atoms with E-state index in [1.165, 1.54) is 89.9 Å². The number of unbranched alkanes of at least 4 members (excludes halogenated alkanes) is 19. The van der Waals surface area contributed by atoms with Crippen LogP contribution in [0.25, 0.3) is 0 Å². The van der Waals surface area contributed by atoms with Gasteiger partial charge < -0.3 is 14.2 Å². The maximum atomic E-state index is 12.8. The molecule has 0 aliphatic carbocycles. The number of hydrogen-bond acceptors (Lipinski definition) is 5. The van der Waals surface area contributed by atoms with Gasteiger partial charge in [-0.05, 0) is 109 Å². The molecule has 354 valence electrons. The van der Waals surface area contributed by atoms with Crippen LogP contribution in [0.5, 0.6) is 0 Å². The second-order valence-corrected chi connectivity index (χ2v) is 16.7. The molecule has 0 heterocycles. The molecule has 0 amide bonds. The Bertz CT molecular complexity index is 1200. The van der Waals surface area contributed by atoms with Crippen LogP contribution in [0.3, 0.4) is 0 Å². The van der Waals surface area contributed by atoms with Crippen LogP contribution in [0.15, 0.2) is 97.2 Å². The zero-order valence-corrected chi connectivity index (χ0v) is 40.6. The minimum atomic E-state index is -0.578. The summed E-state index contributed by atoms with van der Waals surface area (Å²) in [5, 5.41) is 0. The van der Waals surface area contributed by atoms with Gasteiger partial charge in [0.2, 0.25) is 0 Å². The SMILES string of the molecule is CC/C=C\C/C=C\C/C=C\C/C=C\CCCOCC(COC(=O)CCCCCCCCCCC/C=C\C/C=C\CCCCC)OC(=O)CCCCCCC/C=C\C/C=C\CCC. The van der Waals surface area contributed by atoms with Gasteiger partial charge in [-0.2, -0.15) is 0 Å². The van der Waals surface area contributed by atoms with E-state index in [2.05, 4.69) is 118 Å². The molecule has 0 radical (unpaired) electrons. The van der Waals surface area contributed by atoms with Crippen molar-refractivity contribution in [3.05, 3.63) is 97.2 Å². The number of carbonyl (C=O) groups excluding carboxylic acids is 2. The molecular formula is C57H96O5. The Kier molecular flexibility index (Phi) is 49.5. The first kappa shape index (κ1) is 58.8. The van der Waals surface area contributed by atoms with Crippen molar-refractivity contribution in [2.45, 2.75) is 232 Å². The number of hydrogen-bond donors (Lipinski definition) is 0. The summed E-state index contributed by atoms with van der Waals surface area (Å²) in [6.45, 7) is 7.47. The van der Waals surface area contributed by atoms with Crippen molar-refractivity contribution in [1.29, 1.82) is 0 Å². The van der Waals surface area contributed by atoms with Gasteiger partial charge in [0.25, 0.3) is 0 Å². The van der Waals surface area contributed by atoms with Crippen LogP contribution >= 0.6 is 0 Å². The van der Waals surface area contributed by atoms with E-state index in [9.17, 15) is 9.59 Å². The summed E-state index contributed by atoms with van der Waals surface area (Å²) in [5.41, 5.74) is 0. The highest BCUT2D eigenvalue weighted by atomic mass is 16.6. The van der Waals surface area contributed by atoms with Gasteiger partial charge in [0.15, 0.2) is 6.10 Å². The van der Waals surface area contributed by atoms with Crippen LogP contribution in [-0.4, -0.2) is 37.9 Å². The van der Waals surface area contributed by atoms with E-state index in [-0.39, 0.29) is 25.2 Å². The Morgan fingerprint density at radius 1 is 0.371 bits per heavy atom. The molecule has 0 aliphatic rings. The first-order chi connectivity index (χ1) is 30.6. The zero-order valence-electron chi connectivity index (χ0n) is 40.6. The molecule has 5 heteroatoms. The Hall–Kier alpha value is -3.18. The third-order valence-corrected chi connectivity index (χ3v) is 10.6. The van der Waals surface area contributed by atoms with Crippen LogP contribution in [0.2, 0.25) is 0 Å². The lowest BCUT2D eigenvalue weighted by Gasteiger charge is -2.18. The van der Waals surface area contributed by atoms with E-state index in [1.807, 2.05) is 0 Å². The molecule has 62 heavy (non-hydrogen) atoms. The molecule has 0 fully saturated rings. The first-order valence-electron chi connectivity index (χ1n) is 25.8. The Morgan fingerprint density at radius 2 is 0.758 bits per heavy atom. The molecule has 0 aliphatic heterocycles. The largest absolute Gasteiger partial charge is 0.462 e. The third kappa shape index (κ3) is 49.5. The topological polar surface area (TPSA) is 61.8 Å². The predicted molar refractivity (Wildman–Crippen MR) is 270 cm³/mol. The highest BCUT2D eigenvalue weighted by Crippen LogP contribution is 2.13. The van der Waals surface area contributed by atoms with E-state index in [0.717, 1.165) is 103 Å². The summed E-state index contributed by atoms with van der Waals surface area (Å²) in [6.07, 6.45) is 70.0. The fourth-order valence-corrected chi connectivity index (χ4v) is 6.76. The van der Waals surface area contributed by atoms with Gasteiger partial charge >= 0.3 is 11.9 Å². The monoisotopic (exact) mass is 861 g/mol. The second-order valence-electron chi connectivity index (χ2n) is 16.7. The summed E-state index contributed by atoms with van der Waals surface area (Å²) in [5.74, 6) is -0.452. The fourth-order valence-electron chi connectivity index (χ4n) is 6.76. The maximum absolute atomic E-state index is 12.8. The minimum absolute atomic E-state index is 0.0509. The van der Waals surface area contributed by atoms with Crippen molar-refractivity contribution in [3.63, 3.8) is 0 Å². The average Bonchev–Trinajstić information content (AvgIpc) is 3.27. The highest BCUT2D eigenvalue weighted by molar-refractivity contribution is 5.70. The highest BCUT2D eigenvalue weighted by Gasteiger charge is 2.17. The van der Waals surface area contributed by atoms with Crippen LogP contribution in [0.4, 0.5) is 0 Å². The third-order valence-electron chi connectivity index (χ3n) is 10.6. The molecule has 1 atom stereocenters. The Morgan fingerprint density at radius 3 is 1.23 bits per heavy atom. The van der Waals surface area contributed by atoms with Gasteiger partial charge in [0, 0.05) is 19.4 Å². The zero-order chi connectivity index (χ0) is 44.9. The summed E-state index contributed by atoms with van der Waals surface area (Å²) in [7, 11) is 0. The minimum Gasteiger partial charge on any atom is -0.462 e. The summed E-state index contributed by atoms with van der Waals surface area (Å²) < 4.78 is 17.3. The van der Waals surface area contributed by atoms with Crippen molar-refractivity contribution in [3.8, 4) is 0 Å². The van der Waals surface area contributed by atoms with Crippen molar-refractivity contribution < 1.29 is 23.8 Å². The van der Waals surface area contributed by atoms with Crippen molar-refractivity contribution in [2.75, 3.05) is 19.8 Å². The van der Waals surface area contributed by atoms with Crippen LogP contribution in [-0.2, 0) is 23.8 Å². The molecule has 0 spiro atoms. The average molecular weight is 861 g/mol. The fraction of sp³-hybridized carbons (Fsp3) is 0.684. The molecule has 0 saturated heterocycles. The summed E-state index contributed by atoms with van der Waals surface area (Å²) in [4.78, 5) is 25.4. The smallest absolute Gasteiger partial charge is 0.306 e. The van der Waals surface area contributed by atoms with Gasteiger partial charge in [0.1, 0.15) is 6.61 Å². The maximum Gasteiger partial charge on any atom is 0.306 e. The van der Waals surface area contributed by atoms with Gasteiger partial charge in [-0.1, -0.05) is 201 Å². The number of rotatable bonds is 46. The predicted octanol–water partition coefficient (Wildman–Crippen LogP) is 17.5. The molecule has 0 aromatic heterocycles. The van der Waals surface area contributed by atoms with Crippen LogP contribution in [0.1, 0.15) is 226 Å². The molecule has 1 unspecified atom stereocenters. The first-order valence-corrected chi connectivity index (χ1v) is 25.8. The Balaban J connectivity index is 4.34. The molecule has 0 bridgehead atoms. The van der Waals surface area contributed by atoms with Crippen molar-refractivity contribution in [2.24, 2.45) is 0 Å². The molecule has 0 aromatic carbocycles. The van der Waals surface area contributed by atoms with Crippen molar-refractivity contribution in [1.82, 2.24) is 0 Å². The van der Waals surface area contributed by atoms with Crippen LogP contribution in [0, 0.1) is 0 Å². The number of ether oxygens (including phenoxy) is 3. The van der Waals surface area contributed by atoms with Gasteiger partial charge in [-0.3, -0.25) is 9.59 Å². The standard InChI is InChI=1S/C57H96O5/c1-4-7-10-13-16-19-22-25-27-28-29-30-31-33-35-38-41-44-47-50-56(58)61-54-55(53-60-52-49-46-43-40-37-34-26-23-20-17-14-11-8-5-2)62-57(59)51-48-45-42-39-36-32-24-21-18-15-12-9-6-3/h8,11-12,15-17,19-21,24-27,34,40,43,55H,4-7,9-10,13-14,18,22-23,28-33,35-39,41-42,44-54H2,1-3H3/b11-8-,15-12-,19-16-,20-17-,24-21-,27-25-,34-26-,43-40-. The van der Waals surface area contributed by atoms with E-state index in [0.29, 0.717) is 19.4 Å². The summed E-state index contributed by atoms with van der Waals surface area (Å²) >= 11 is 0. The molecule has 0 rings (SSSR count). The molecule has 0 saturated carbocycles. The lowest BCUT2D eigenvalue weighted by atomic mass is 10.1. The number of carbonyl (C=O) groups is 2. The lowest BCUT2D eigenvalue weighted by molar-refractivity contribution is -0.163. The summed E-state index contributed by atoms with van der Waals surface area (Å²) in [6, 6.07) is 0. The van der Waals surface area contributed by atoms with Gasteiger partial charge in [-0.25, -0.2) is 0 Å². The van der Waals surface area contributed by atoms with Gasteiger partial charge in [0.05, 0.1) is 6.61 Å². The van der Waals surface area contributed by atoms with E-state index < -0.39 is 6.10 Å². The quantitative estimate of drug-likeness (QED) is 0.0347. The second kappa shape index (κ2) is 52.2. The molecule has 0 N–H and O–H groups in total. The lowest BCUT2D eigenvalue weighted by Crippen LogP contribution is -2.30. The van der Waals surface area contributed by atoms with E-state index in [1.54, 1.807) is 0 Å². The Labute approximate surface area is 383 Å².